The lowest BCUT2D eigenvalue weighted by atomic mass is 9.83. The first-order chi connectivity index (χ1) is 11.7. The molecule has 1 aromatic heterocycles. The highest BCUT2D eigenvalue weighted by Crippen LogP contribution is 2.44. The Hall–Kier alpha value is -2.14. The molecule has 0 saturated heterocycles. The molecule has 4 rings (SSSR count). The molecule has 0 bridgehead atoms. The van der Waals surface area contributed by atoms with Gasteiger partial charge < -0.3 is 10.6 Å². The molecular formula is C19H20N2O2S. The highest BCUT2D eigenvalue weighted by Gasteiger charge is 2.43. The lowest BCUT2D eigenvalue weighted by Gasteiger charge is -2.27. The third-order valence-corrected chi connectivity index (χ3v) is 6.22. The number of carbonyl (C=O) groups excluding carboxylic acids is 2. The van der Waals surface area contributed by atoms with Gasteiger partial charge in [0.25, 0.3) is 0 Å². The Labute approximate surface area is 145 Å². The Morgan fingerprint density at radius 1 is 1.17 bits per heavy atom. The van der Waals surface area contributed by atoms with E-state index in [0.29, 0.717) is 6.42 Å². The Morgan fingerprint density at radius 2 is 2.00 bits per heavy atom. The van der Waals surface area contributed by atoms with Crippen molar-refractivity contribution >= 4 is 34.5 Å². The standard InChI is InChI=1S/C19H20N2O2S/c22-17-8-5-13-12-14(6-7-15(13)21-17)20-18(23)19(9-1-2-10-19)16-4-3-11-24-16/h3-4,6-7,11-12H,1-2,5,8-10H2,(H,20,23)(H,21,22). The number of fused-ring (bicyclic) bond motifs is 1. The molecule has 4 nitrogen and oxygen atoms in total. The van der Waals surface area contributed by atoms with Crippen molar-refractivity contribution in [2.24, 2.45) is 0 Å². The monoisotopic (exact) mass is 340 g/mol. The van der Waals surface area contributed by atoms with Crippen LogP contribution in [0.1, 0.15) is 42.5 Å². The van der Waals surface area contributed by atoms with Crippen LogP contribution in [0, 0.1) is 0 Å². The van der Waals surface area contributed by atoms with Crippen molar-refractivity contribution in [1.29, 1.82) is 0 Å². The Morgan fingerprint density at radius 3 is 2.75 bits per heavy atom. The molecule has 2 aliphatic rings. The third kappa shape index (κ3) is 2.63. The van der Waals surface area contributed by atoms with Crippen LogP contribution in [0.25, 0.3) is 0 Å². The van der Waals surface area contributed by atoms with Crippen molar-refractivity contribution in [3.8, 4) is 0 Å². The minimum absolute atomic E-state index is 0.0573. The molecule has 124 valence electrons. The topological polar surface area (TPSA) is 58.2 Å². The molecule has 1 aliphatic carbocycles. The van der Waals surface area contributed by atoms with E-state index < -0.39 is 0 Å². The van der Waals surface area contributed by atoms with E-state index in [-0.39, 0.29) is 17.2 Å². The molecule has 1 fully saturated rings. The van der Waals surface area contributed by atoms with E-state index in [1.54, 1.807) is 11.3 Å². The molecular weight excluding hydrogens is 320 g/mol. The van der Waals surface area contributed by atoms with E-state index >= 15 is 0 Å². The molecule has 2 amide bonds. The van der Waals surface area contributed by atoms with E-state index in [2.05, 4.69) is 16.7 Å². The second kappa shape index (κ2) is 6.06. The summed E-state index contributed by atoms with van der Waals surface area (Å²) < 4.78 is 0. The van der Waals surface area contributed by atoms with Crippen LogP contribution >= 0.6 is 11.3 Å². The highest BCUT2D eigenvalue weighted by atomic mass is 32.1. The smallest absolute Gasteiger partial charge is 0.235 e. The maximum Gasteiger partial charge on any atom is 0.235 e. The zero-order valence-corrected chi connectivity index (χ0v) is 14.2. The lowest BCUT2D eigenvalue weighted by Crippen LogP contribution is -2.37. The van der Waals surface area contributed by atoms with Crippen LogP contribution in [-0.4, -0.2) is 11.8 Å². The number of carbonyl (C=O) groups is 2. The summed E-state index contributed by atoms with van der Waals surface area (Å²) in [5.74, 6) is 0.157. The molecule has 1 aromatic carbocycles. The largest absolute Gasteiger partial charge is 0.326 e. The summed E-state index contributed by atoms with van der Waals surface area (Å²) in [7, 11) is 0. The van der Waals surface area contributed by atoms with Gasteiger partial charge in [-0.05, 0) is 54.5 Å². The SMILES string of the molecule is O=C1CCc2cc(NC(=O)C3(c4cccs4)CCCC3)ccc2N1. The Balaban J connectivity index is 1.58. The van der Waals surface area contributed by atoms with E-state index in [4.69, 9.17) is 0 Å². The maximum absolute atomic E-state index is 13.1. The van der Waals surface area contributed by atoms with E-state index in [0.717, 1.165) is 49.0 Å². The minimum Gasteiger partial charge on any atom is -0.326 e. The van der Waals surface area contributed by atoms with Gasteiger partial charge >= 0.3 is 0 Å². The average molecular weight is 340 g/mol. The zero-order chi connectivity index (χ0) is 16.6. The van der Waals surface area contributed by atoms with Gasteiger partial charge in [0, 0.05) is 22.7 Å². The number of hydrogen-bond acceptors (Lipinski definition) is 3. The maximum atomic E-state index is 13.1. The van der Waals surface area contributed by atoms with E-state index in [9.17, 15) is 9.59 Å². The molecule has 1 aliphatic heterocycles. The van der Waals surface area contributed by atoms with Gasteiger partial charge in [-0.25, -0.2) is 0 Å². The normalized spacial score (nSPS) is 18.8. The van der Waals surface area contributed by atoms with Gasteiger partial charge in [0.15, 0.2) is 0 Å². The van der Waals surface area contributed by atoms with E-state index in [1.807, 2.05) is 29.6 Å². The average Bonchev–Trinajstić information content (AvgIpc) is 3.27. The van der Waals surface area contributed by atoms with Gasteiger partial charge in [-0.3, -0.25) is 9.59 Å². The molecule has 24 heavy (non-hydrogen) atoms. The second-order valence-corrected chi connectivity index (χ2v) is 7.59. The van der Waals surface area contributed by atoms with Gasteiger partial charge in [0.1, 0.15) is 0 Å². The Kier molecular flexibility index (Phi) is 3.88. The van der Waals surface area contributed by atoms with Crippen LogP contribution in [0.2, 0.25) is 0 Å². The number of benzene rings is 1. The summed E-state index contributed by atoms with van der Waals surface area (Å²) in [6.45, 7) is 0. The van der Waals surface area contributed by atoms with E-state index in [1.165, 1.54) is 4.88 Å². The number of rotatable bonds is 3. The number of amides is 2. The zero-order valence-electron chi connectivity index (χ0n) is 13.4. The first-order valence-corrected chi connectivity index (χ1v) is 9.34. The van der Waals surface area contributed by atoms with Crippen molar-refractivity contribution in [3.63, 3.8) is 0 Å². The summed E-state index contributed by atoms with van der Waals surface area (Å²) in [6, 6.07) is 9.85. The van der Waals surface area contributed by atoms with Crippen molar-refractivity contribution in [3.05, 3.63) is 46.2 Å². The minimum atomic E-state index is -0.377. The molecule has 1 saturated carbocycles. The molecule has 5 heteroatoms. The summed E-state index contributed by atoms with van der Waals surface area (Å²) in [5.41, 5.74) is 2.39. The van der Waals surface area contributed by atoms with Crippen LogP contribution in [0.3, 0.4) is 0 Å². The molecule has 0 unspecified atom stereocenters. The van der Waals surface area contributed by atoms with Crippen LogP contribution in [0.5, 0.6) is 0 Å². The van der Waals surface area contributed by atoms with Crippen LogP contribution in [0.15, 0.2) is 35.7 Å². The fraction of sp³-hybridized carbons (Fsp3) is 0.368. The van der Waals surface area contributed by atoms with Gasteiger partial charge in [0.05, 0.1) is 5.41 Å². The Bertz CT molecular complexity index is 777. The van der Waals surface area contributed by atoms with Crippen LogP contribution in [0.4, 0.5) is 11.4 Å². The summed E-state index contributed by atoms with van der Waals surface area (Å²) >= 11 is 1.67. The molecule has 0 atom stereocenters. The summed E-state index contributed by atoms with van der Waals surface area (Å²) in [5, 5.41) is 8.05. The number of thiophene rings is 1. The van der Waals surface area contributed by atoms with Gasteiger partial charge in [-0.15, -0.1) is 11.3 Å². The fourth-order valence-corrected chi connectivity index (χ4v) is 4.81. The predicted molar refractivity (Wildman–Crippen MR) is 96.5 cm³/mol. The van der Waals surface area contributed by atoms with Gasteiger partial charge in [-0.2, -0.15) is 0 Å². The lowest BCUT2D eigenvalue weighted by molar-refractivity contribution is -0.121. The fourth-order valence-electron chi connectivity index (χ4n) is 3.83. The van der Waals surface area contributed by atoms with Crippen molar-refractivity contribution < 1.29 is 9.59 Å². The molecule has 2 N–H and O–H groups in total. The van der Waals surface area contributed by atoms with Crippen LogP contribution in [-0.2, 0) is 21.4 Å². The summed E-state index contributed by atoms with van der Waals surface area (Å²) in [6.07, 6.45) is 5.26. The number of nitrogens with one attached hydrogen (secondary N) is 2. The van der Waals surface area contributed by atoms with Gasteiger partial charge in [-0.1, -0.05) is 18.9 Å². The molecule has 0 spiro atoms. The summed E-state index contributed by atoms with van der Waals surface area (Å²) in [4.78, 5) is 25.7. The molecule has 2 heterocycles. The number of aryl methyl sites for hydroxylation is 1. The molecule has 2 aromatic rings. The highest BCUT2D eigenvalue weighted by molar-refractivity contribution is 7.10. The van der Waals surface area contributed by atoms with Crippen molar-refractivity contribution in [2.45, 2.75) is 43.9 Å². The van der Waals surface area contributed by atoms with Crippen molar-refractivity contribution in [1.82, 2.24) is 0 Å². The third-order valence-electron chi connectivity index (χ3n) is 5.14. The van der Waals surface area contributed by atoms with Crippen molar-refractivity contribution in [2.75, 3.05) is 10.6 Å². The second-order valence-electron chi connectivity index (χ2n) is 6.64. The quantitative estimate of drug-likeness (QED) is 0.884. The number of anilines is 2. The van der Waals surface area contributed by atoms with Gasteiger partial charge in [0.2, 0.25) is 11.8 Å². The van der Waals surface area contributed by atoms with Crippen LogP contribution < -0.4 is 10.6 Å². The number of hydrogen-bond donors (Lipinski definition) is 2. The first-order valence-electron chi connectivity index (χ1n) is 8.46. The first kappa shape index (κ1) is 15.4. The predicted octanol–water partition coefficient (Wildman–Crippen LogP) is 4.08. The molecule has 0 radical (unpaired) electrons.